The van der Waals surface area contributed by atoms with Crippen LogP contribution in [0.15, 0.2) is 35.4 Å². The summed E-state index contributed by atoms with van der Waals surface area (Å²) >= 11 is 0. The highest BCUT2D eigenvalue weighted by Gasteiger charge is 2.42. The van der Waals surface area contributed by atoms with E-state index in [0.29, 0.717) is 6.61 Å². The highest BCUT2D eigenvalue weighted by atomic mass is 16.6. The van der Waals surface area contributed by atoms with E-state index in [-0.39, 0.29) is 6.61 Å². The molecule has 1 unspecified atom stereocenters. The largest absolute Gasteiger partial charge is 0.390 e. The van der Waals surface area contributed by atoms with Crippen molar-refractivity contribution in [3.8, 4) is 0 Å². The number of azide groups is 1. The van der Waals surface area contributed by atoms with Crippen LogP contribution < -0.4 is 0 Å². The zero-order chi connectivity index (χ0) is 13.7. The lowest BCUT2D eigenvalue weighted by Gasteiger charge is -2.14. The van der Waals surface area contributed by atoms with E-state index in [1.807, 2.05) is 30.3 Å². The molecule has 0 aromatic heterocycles. The second-order valence-electron chi connectivity index (χ2n) is 4.25. The van der Waals surface area contributed by atoms with Crippen molar-refractivity contribution < 1.29 is 19.7 Å². The summed E-state index contributed by atoms with van der Waals surface area (Å²) in [6.45, 7) is 0.500. The molecular formula is C12H15N3O4. The first-order valence-corrected chi connectivity index (χ1v) is 5.90. The summed E-state index contributed by atoms with van der Waals surface area (Å²) in [4.78, 5) is 2.57. The fourth-order valence-corrected chi connectivity index (χ4v) is 1.92. The standard InChI is InChI=1S/C12H15N3O4/c13-15-14-10-11(16)9(19-12(10)17)7-18-6-8-4-2-1-3-5-8/h1-5,9-12,16-17H,6-7H2/t9-,10-,11-,12?/m1/s1. The number of rotatable bonds is 5. The van der Waals surface area contributed by atoms with Gasteiger partial charge in [-0.25, -0.2) is 0 Å². The summed E-state index contributed by atoms with van der Waals surface area (Å²) in [6, 6.07) is 8.57. The third-order valence-electron chi connectivity index (χ3n) is 2.92. The zero-order valence-corrected chi connectivity index (χ0v) is 10.2. The number of aliphatic hydroxyl groups excluding tert-OH is 2. The van der Waals surface area contributed by atoms with Crippen LogP contribution in [0.2, 0.25) is 0 Å². The molecule has 0 amide bonds. The number of hydrogen-bond donors (Lipinski definition) is 2. The van der Waals surface area contributed by atoms with Gasteiger partial charge >= 0.3 is 0 Å². The van der Waals surface area contributed by atoms with E-state index in [9.17, 15) is 10.2 Å². The third-order valence-corrected chi connectivity index (χ3v) is 2.92. The molecule has 7 heteroatoms. The van der Waals surface area contributed by atoms with Crippen molar-refractivity contribution in [2.75, 3.05) is 6.61 Å². The molecule has 19 heavy (non-hydrogen) atoms. The number of aliphatic hydroxyl groups is 2. The van der Waals surface area contributed by atoms with Gasteiger partial charge in [0.05, 0.1) is 19.3 Å². The molecule has 7 nitrogen and oxygen atoms in total. The number of ether oxygens (including phenoxy) is 2. The van der Waals surface area contributed by atoms with Crippen molar-refractivity contribution in [1.29, 1.82) is 0 Å². The van der Waals surface area contributed by atoms with Gasteiger partial charge in [-0.05, 0) is 11.1 Å². The van der Waals surface area contributed by atoms with Crippen LogP contribution in [-0.4, -0.2) is 41.4 Å². The minimum atomic E-state index is -1.30. The number of nitrogens with zero attached hydrogens (tertiary/aromatic N) is 3. The van der Waals surface area contributed by atoms with Crippen molar-refractivity contribution >= 4 is 0 Å². The fraction of sp³-hybridized carbons (Fsp3) is 0.500. The molecule has 0 spiro atoms. The predicted molar refractivity (Wildman–Crippen MR) is 65.9 cm³/mol. The summed E-state index contributed by atoms with van der Waals surface area (Å²) in [7, 11) is 0. The monoisotopic (exact) mass is 265 g/mol. The first kappa shape index (κ1) is 13.8. The second kappa shape index (κ2) is 6.51. The van der Waals surface area contributed by atoms with Gasteiger partial charge in [0.15, 0.2) is 6.29 Å². The predicted octanol–water partition coefficient (Wildman–Crippen LogP) is 0.960. The van der Waals surface area contributed by atoms with E-state index in [0.717, 1.165) is 5.56 Å². The molecule has 1 saturated heterocycles. The minimum Gasteiger partial charge on any atom is -0.390 e. The normalized spacial score (nSPS) is 30.0. The molecule has 1 fully saturated rings. The topological polar surface area (TPSA) is 108 Å². The van der Waals surface area contributed by atoms with Crippen LogP contribution in [0.4, 0.5) is 0 Å². The summed E-state index contributed by atoms with van der Waals surface area (Å²) in [6.07, 6.45) is -3.06. The van der Waals surface area contributed by atoms with Gasteiger partial charge in [0.25, 0.3) is 0 Å². The quantitative estimate of drug-likeness (QED) is 0.469. The number of benzene rings is 1. The Morgan fingerprint density at radius 2 is 2.05 bits per heavy atom. The molecule has 0 bridgehead atoms. The Morgan fingerprint density at radius 1 is 1.32 bits per heavy atom. The Bertz CT molecular complexity index is 450. The molecule has 2 N–H and O–H groups in total. The molecule has 2 rings (SSSR count). The van der Waals surface area contributed by atoms with E-state index in [4.69, 9.17) is 15.0 Å². The van der Waals surface area contributed by atoms with E-state index >= 15 is 0 Å². The van der Waals surface area contributed by atoms with Gasteiger partial charge in [0.2, 0.25) is 0 Å². The maximum Gasteiger partial charge on any atom is 0.166 e. The molecule has 102 valence electrons. The number of hydrogen-bond acceptors (Lipinski definition) is 5. The van der Waals surface area contributed by atoms with E-state index < -0.39 is 24.5 Å². The Labute approximate surface area is 110 Å². The average Bonchev–Trinajstić information content (AvgIpc) is 2.68. The summed E-state index contributed by atoms with van der Waals surface area (Å²) in [5.41, 5.74) is 9.32. The first-order chi connectivity index (χ1) is 9.22. The second-order valence-corrected chi connectivity index (χ2v) is 4.25. The van der Waals surface area contributed by atoms with Crippen LogP contribution in [-0.2, 0) is 16.1 Å². The van der Waals surface area contributed by atoms with Crippen LogP contribution in [0.3, 0.4) is 0 Å². The lowest BCUT2D eigenvalue weighted by molar-refractivity contribution is -0.119. The van der Waals surface area contributed by atoms with Crippen molar-refractivity contribution in [3.05, 3.63) is 46.3 Å². The van der Waals surface area contributed by atoms with E-state index in [1.165, 1.54) is 0 Å². The maximum atomic E-state index is 9.82. The molecule has 4 atom stereocenters. The summed E-state index contributed by atoms with van der Waals surface area (Å²) in [5.74, 6) is 0. The van der Waals surface area contributed by atoms with Gasteiger partial charge in [-0.1, -0.05) is 35.4 Å². The maximum absolute atomic E-state index is 9.82. The Kier molecular flexibility index (Phi) is 4.73. The van der Waals surface area contributed by atoms with Crippen LogP contribution >= 0.6 is 0 Å². The van der Waals surface area contributed by atoms with Crippen molar-refractivity contribution in [3.63, 3.8) is 0 Å². The highest BCUT2D eigenvalue weighted by molar-refractivity contribution is 5.13. The zero-order valence-electron chi connectivity index (χ0n) is 10.2. The van der Waals surface area contributed by atoms with Gasteiger partial charge in [-0.15, -0.1) is 0 Å². The van der Waals surface area contributed by atoms with Crippen molar-refractivity contribution in [2.45, 2.75) is 31.1 Å². The Balaban J connectivity index is 1.82. The Morgan fingerprint density at radius 3 is 2.74 bits per heavy atom. The highest BCUT2D eigenvalue weighted by Crippen LogP contribution is 2.23. The molecule has 0 aliphatic carbocycles. The molecule has 1 aromatic rings. The molecule has 1 aromatic carbocycles. The molecule has 1 heterocycles. The third kappa shape index (κ3) is 3.44. The van der Waals surface area contributed by atoms with Gasteiger partial charge in [0.1, 0.15) is 12.1 Å². The lowest BCUT2D eigenvalue weighted by Crippen LogP contribution is -2.33. The fourth-order valence-electron chi connectivity index (χ4n) is 1.92. The first-order valence-electron chi connectivity index (χ1n) is 5.90. The molecule has 0 radical (unpaired) electrons. The SMILES string of the molecule is [N-]=[N+]=N[C@H]1C(O)O[C@H](COCc2ccccc2)[C@H]1O. The molecule has 0 saturated carbocycles. The van der Waals surface area contributed by atoms with Crippen LogP contribution in [0, 0.1) is 0 Å². The van der Waals surface area contributed by atoms with Crippen molar-refractivity contribution in [2.24, 2.45) is 5.11 Å². The molecule has 1 aliphatic rings. The Hall–Kier alpha value is -1.63. The summed E-state index contributed by atoms with van der Waals surface area (Å²) < 4.78 is 10.5. The minimum absolute atomic E-state index is 0.116. The smallest absolute Gasteiger partial charge is 0.166 e. The van der Waals surface area contributed by atoms with Gasteiger partial charge < -0.3 is 19.7 Å². The van der Waals surface area contributed by atoms with Gasteiger partial charge in [-0.2, -0.15) is 0 Å². The van der Waals surface area contributed by atoms with E-state index in [2.05, 4.69) is 10.0 Å². The molecule has 1 aliphatic heterocycles. The van der Waals surface area contributed by atoms with Crippen LogP contribution in [0.5, 0.6) is 0 Å². The molecular weight excluding hydrogens is 250 g/mol. The van der Waals surface area contributed by atoms with Gasteiger partial charge in [0, 0.05) is 4.91 Å². The van der Waals surface area contributed by atoms with Crippen molar-refractivity contribution in [1.82, 2.24) is 0 Å². The van der Waals surface area contributed by atoms with Gasteiger partial charge in [-0.3, -0.25) is 0 Å². The van der Waals surface area contributed by atoms with Crippen LogP contribution in [0.1, 0.15) is 5.56 Å². The lowest BCUT2D eigenvalue weighted by atomic mass is 10.1. The summed E-state index contributed by atoms with van der Waals surface area (Å²) in [5, 5.41) is 22.6. The van der Waals surface area contributed by atoms with Crippen LogP contribution in [0.25, 0.3) is 10.4 Å². The average molecular weight is 265 g/mol. The van der Waals surface area contributed by atoms with E-state index in [1.54, 1.807) is 0 Å².